The Morgan fingerprint density at radius 3 is 2.90 bits per heavy atom. The average molecular weight is 274 g/mol. The molecule has 20 heavy (non-hydrogen) atoms. The largest absolute Gasteiger partial charge is 0.469 e. The summed E-state index contributed by atoms with van der Waals surface area (Å²) in [5, 5.41) is 0. The van der Waals surface area contributed by atoms with Crippen molar-refractivity contribution in [2.75, 3.05) is 19.9 Å². The Morgan fingerprint density at radius 1 is 1.40 bits per heavy atom. The molecule has 2 fully saturated rings. The van der Waals surface area contributed by atoms with Crippen LogP contribution in [0.15, 0.2) is 24.3 Å². The van der Waals surface area contributed by atoms with Gasteiger partial charge < -0.3 is 10.5 Å². The molecule has 4 atom stereocenters. The van der Waals surface area contributed by atoms with Crippen LogP contribution in [-0.4, -0.2) is 37.1 Å². The zero-order chi connectivity index (χ0) is 14.3. The Kier molecular flexibility index (Phi) is 3.42. The molecule has 0 amide bonds. The highest BCUT2D eigenvalue weighted by Gasteiger charge is 2.49. The minimum Gasteiger partial charge on any atom is -0.469 e. The first-order valence-electron chi connectivity index (χ1n) is 7.27. The van der Waals surface area contributed by atoms with E-state index >= 15 is 0 Å². The number of hydrogen-bond donors (Lipinski definition) is 1. The Bertz CT molecular complexity index is 517. The first kappa shape index (κ1) is 13.4. The molecule has 0 aliphatic carbocycles. The molecule has 0 spiro atoms. The van der Waals surface area contributed by atoms with E-state index in [2.05, 4.69) is 18.0 Å². The topological polar surface area (TPSA) is 55.6 Å². The van der Waals surface area contributed by atoms with Crippen LogP contribution in [0, 0.1) is 5.92 Å². The number of nitrogen functional groups attached to an aromatic ring is 1. The smallest absolute Gasteiger partial charge is 0.310 e. The molecule has 2 aliphatic heterocycles. The second-order valence-corrected chi connectivity index (χ2v) is 6.03. The highest BCUT2D eigenvalue weighted by molar-refractivity contribution is 5.75. The molecule has 0 saturated carbocycles. The maximum absolute atomic E-state index is 12.3. The summed E-state index contributed by atoms with van der Waals surface area (Å²) in [6.07, 6.45) is 3.27. The lowest BCUT2D eigenvalue weighted by atomic mass is 9.76. The van der Waals surface area contributed by atoms with Gasteiger partial charge in [0.1, 0.15) is 0 Å². The molecule has 2 unspecified atom stereocenters. The summed E-state index contributed by atoms with van der Waals surface area (Å²) in [5.41, 5.74) is 7.84. The van der Waals surface area contributed by atoms with E-state index in [1.54, 1.807) is 0 Å². The third-order valence-electron chi connectivity index (χ3n) is 5.08. The van der Waals surface area contributed by atoms with Gasteiger partial charge in [0.25, 0.3) is 0 Å². The quantitative estimate of drug-likeness (QED) is 0.662. The van der Waals surface area contributed by atoms with Gasteiger partial charge in [-0.2, -0.15) is 0 Å². The van der Waals surface area contributed by atoms with Gasteiger partial charge in [-0.3, -0.25) is 9.69 Å². The molecule has 1 aromatic rings. The minimum atomic E-state index is -0.0883. The molecule has 2 saturated heterocycles. The molecule has 3 rings (SSSR count). The number of nitrogens with zero attached hydrogens (tertiary/aromatic N) is 1. The number of fused-ring (bicyclic) bond motifs is 2. The lowest BCUT2D eigenvalue weighted by Crippen LogP contribution is -2.49. The van der Waals surface area contributed by atoms with E-state index in [0.29, 0.717) is 12.1 Å². The summed E-state index contributed by atoms with van der Waals surface area (Å²) in [5.74, 6) is 0.0554. The molecule has 2 aliphatic rings. The Labute approximate surface area is 119 Å². The number of piperidine rings is 1. The molecular formula is C16H22N2O2. The Hall–Kier alpha value is -1.55. The fourth-order valence-electron chi connectivity index (χ4n) is 4.06. The Morgan fingerprint density at radius 2 is 2.20 bits per heavy atom. The van der Waals surface area contributed by atoms with Crippen molar-refractivity contribution in [1.29, 1.82) is 0 Å². The average Bonchev–Trinajstić information content (AvgIpc) is 2.69. The second kappa shape index (κ2) is 5.09. The number of esters is 1. The molecule has 108 valence electrons. The van der Waals surface area contributed by atoms with Crippen molar-refractivity contribution >= 4 is 11.7 Å². The summed E-state index contributed by atoms with van der Waals surface area (Å²) >= 11 is 0. The standard InChI is InChI=1S/C16H22N2O2/c1-18-12-6-7-14(18)15(16(19)20-2)13(9-12)10-4-3-5-11(17)8-10/h3-5,8,12-15H,6-7,9,17H2,1-2H3/t12-,13?,14?,15+/m1/s1. The molecule has 2 bridgehead atoms. The van der Waals surface area contributed by atoms with Crippen molar-refractivity contribution < 1.29 is 9.53 Å². The molecule has 0 aromatic heterocycles. The van der Waals surface area contributed by atoms with Gasteiger partial charge in [-0.25, -0.2) is 0 Å². The monoisotopic (exact) mass is 274 g/mol. The number of carbonyl (C=O) groups is 1. The van der Waals surface area contributed by atoms with Crippen LogP contribution in [0.3, 0.4) is 0 Å². The zero-order valence-electron chi connectivity index (χ0n) is 12.1. The maximum atomic E-state index is 12.3. The van der Waals surface area contributed by atoms with Crippen molar-refractivity contribution in [2.45, 2.75) is 37.3 Å². The number of methoxy groups -OCH3 is 1. The van der Waals surface area contributed by atoms with Crippen LogP contribution in [-0.2, 0) is 9.53 Å². The number of rotatable bonds is 2. The lowest BCUT2D eigenvalue weighted by Gasteiger charge is -2.41. The fourth-order valence-corrected chi connectivity index (χ4v) is 4.06. The summed E-state index contributed by atoms with van der Waals surface area (Å²) in [6, 6.07) is 8.83. The van der Waals surface area contributed by atoms with Gasteiger partial charge in [0.15, 0.2) is 0 Å². The molecule has 0 radical (unpaired) electrons. The van der Waals surface area contributed by atoms with E-state index in [9.17, 15) is 4.79 Å². The third-order valence-corrected chi connectivity index (χ3v) is 5.08. The third kappa shape index (κ3) is 2.08. The maximum Gasteiger partial charge on any atom is 0.310 e. The van der Waals surface area contributed by atoms with Crippen molar-refractivity contribution in [2.24, 2.45) is 5.92 Å². The second-order valence-electron chi connectivity index (χ2n) is 6.03. The number of carbonyl (C=O) groups excluding carboxylic acids is 1. The summed E-state index contributed by atoms with van der Waals surface area (Å²) < 4.78 is 5.07. The van der Waals surface area contributed by atoms with Crippen LogP contribution >= 0.6 is 0 Å². The summed E-state index contributed by atoms with van der Waals surface area (Å²) in [6.45, 7) is 0. The predicted molar refractivity (Wildman–Crippen MR) is 78.3 cm³/mol. The van der Waals surface area contributed by atoms with E-state index in [-0.39, 0.29) is 17.8 Å². The highest BCUT2D eigenvalue weighted by atomic mass is 16.5. The number of ether oxygens (including phenoxy) is 1. The first-order valence-corrected chi connectivity index (χ1v) is 7.27. The van der Waals surface area contributed by atoms with Crippen LogP contribution < -0.4 is 5.73 Å². The zero-order valence-corrected chi connectivity index (χ0v) is 12.1. The van der Waals surface area contributed by atoms with Gasteiger partial charge in [-0.1, -0.05) is 12.1 Å². The number of anilines is 1. The molecule has 4 heteroatoms. The molecule has 2 heterocycles. The highest BCUT2D eigenvalue weighted by Crippen LogP contribution is 2.46. The molecule has 1 aromatic carbocycles. The van der Waals surface area contributed by atoms with Gasteiger partial charge in [0.05, 0.1) is 13.0 Å². The van der Waals surface area contributed by atoms with Gasteiger partial charge in [0, 0.05) is 23.7 Å². The van der Waals surface area contributed by atoms with Crippen LogP contribution in [0.5, 0.6) is 0 Å². The molecule has 4 nitrogen and oxygen atoms in total. The van der Waals surface area contributed by atoms with Gasteiger partial charge >= 0.3 is 5.97 Å². The first-order chi connectivity index (χ1) is 9.61. The van der Waals surface area contributed by atoms with Crippen molar-refractivity contribution in [3.8, 4) is 0 Å². The van der Waals surface area contributed by atoms with E-state index in [4.69, 9.17) is 10.5 Å². The van der Waals surface area contributed by atoms with Gasteiger partial charge in [0.2, 0.25) is 0 Å². The van der Waals surface area contributed by atoms with E-state index in [1.165, 1.54) is 19.1 Å². The van der Waals surface area contributed by atoms with Crippen molar-refractivity contribution in [3.63, 3.8) is 0 Å². The van der Waals surface area contributed by atoms with Crippen molar-refractivity contribution in [1.82, 2.24) is 4.90 Å². The molecular weight excluding hydrogens is 252 g/mol. The van der Waals surface area contributed by atoms with E-state index in [0.717, 1.165) is 18.5 Å². The van der Waals surface area contributed by atoms with Gasteiger partial charge in [-0.05, 0) is 44.0 Å². The molecule has 2 N–H and O–H groups in total. The normalized spacial score (nSPS) is 33.1. The van der Waals surface area contributed by atoms with Crippen LogP contribution in [0.4, 0.5) is 5.69 Å². The van der Waals surface area contributed by atoms with Crippen LogP contribution in [0.1, 0.15) is 30.7 Å². The van der Waals surface area contributed by atoms with E-state index < -0.39 is 0 Å². The van der Waals surface area contributed by atoms with Gasteiger partial charge in [-0.15, -0.1) is 0 Å². The summed E-state index contributed by atoms with van der Waals surface area (Å²) in [4.78, 5) is 14.7. The SMILES string of the molecule is COC(=O)[C@H]1C(c2cccc(N)c2)C[C@H]2CCC1N2C. The fraction of sp³-hybridized carbons (Fsp3) is 0.562. The number of nitrogens with two attached hydrogens (primary N) is 1. The Balaban J connectivity index is 1.97. The lowest BCUT2D eigenvalue weighted by molar-refractivity contribution is -0.150. The number of benzene rings is 1. The predicted octanol–water partition coefficient (Wildman–Crippen LogP) is 2.01. The minimum absolute atomic E-state index is 0.0782. The van der Waals surface area contributed by atoms with Crippen molar-refractivity contribution in [3.05, 3.63) is 29.8 Å². The van der Waals surface area contributed by atoms with Crippen LogP contribution in [0.2, 0.25) is 0 Å². The summed E-state index contributed by atoms with van der Waals surface area (Å²) in [7, 11) is 3.62. The van der Waals surface area contributed by atoms with E-state index in [1.807, 2.05) is 18.2 Å². The number of hydrogen-bond acceptors (Lipinski definition) is 4. The van der Waals surface area contributed by atoms with Crippen LogP contribution in [0.25, 0.3) is 0 Å².